The number of rotatable bonds is 2. The zero-order valence-corrected chi connectivity index (χ0v) is 17.8. The molecule has 142 valence electrons. The summed E-state index contributed by atoms with van der Waals surface area (Å²) in [6, 6.07) is 0. The number of carbonyl (C=O) groups excluding carboxylic acids is 1. The van der Waals surface area contributed by atoms with E-state index in [9.17, 15) is 9.90 Å². The Morgan fingerprint density at radius 1 is 0.960 bits per heavy atom. The predicted octanol–water partition coefficient (Wildman–Crippen LogP) is 5.36. The molecule has 0 spiro atoms. The summed E-state index contributed by atoms with van der Waals surface area (Å²) in [7, 11) is 0. The molecule has 4 rings (SSSR count). The molecule has 1 N–H and O–H groups in total. The number of aliphatic hydroxyl groups is 1. The van der Waals surface area contributed by atoms with Crippen LogP contribution in [0.15, 0.2) is 0 Å². The fourth-order valence-electron chi connectivity index (χ4n) is 8.05. The maximum absolute atomic E-state index is 12.5. The van der Waals surface area contributed by atoms with Crippen molar-refractivity contribution in [3.8, 4) is 0 Å². The van der Waals surface area contributed by atoms with Gasteiger partial charge in [-0.05, 0) is 99.2 Å². The summed E-state index contributed by atoms with van der Waals surface area (Å²) < 4.78 is 0. The lowest BCUT2D eigenvalue weighted by Gasteiger charge is -2.61. The van der Waals surface area contributed by atoms with Crippen LogP contribution < -0.4 is 0 Å². The van der Waals surface area contributed by atoms with Crippen molar-refractivity contribution < 1.29 is 9.90 Å². The molecule has 0 aromatic heterocycles. The van der Waals surface area contributed by atoms with Gasteiger partial charge >= 0.3 is 0 Å². The first-order chi connectivity index (χ1) is 11.7. The molecule has 2 nitrogen and oxygen atoms in total. The van der Waals surface area contributed by atoms with Crippen molar-refractivity contribution >= 4 is 21.7 Å². The van der Waals surface area contributed by atoms with Crippen LogP contribution in [0.2, 0.25) is 0 Å². The predicted molar refractivity (Wildman–Crippen MR) is 105 cm³/mol. The van der Waals surface area contributed by atoms with Crippen LogP contribution in [0.1, 0.15) is 78.6 Å². The molecule has 0 saturated heterocycles. The number of halogens is 1. The Morgan fingerprint density at radius 3 is 2.40 bits per heavy atom. The summed E-state index contributed by atoms with van der Waals surface area (Å²) in [6.07, 6.45) is 10.7. The first-order valence-electron chi connectivity index (χ1n) is 10.5. The first kappa shape index (κ1) is 18.5. The van der Waals surface area contributed by atoms with Crippen molar-refractivity contribution in [2.75, 3.05) is 5.33 Å². The largest absolute Gasteiger partial charge is 0.390 e. The van der Waals surface area contributed by atoms with Crippen molar-refractivity contribution in [2.24, 2.45) is 40.4 Å². The average molecular weight is 411 g/mol. The zero-order valence-electron chi connectivity index (χ0n) is 16.2. The van der Waals surface area contributed by atoms with E-state index in [1.165, 1.54) is 38.5 Å². The highest BCUT2D eigenvalue weighted by Crippen LogP contribution is 2.68. The number of ketones is 1. The monoisotopic (exact) mass is 410 g/mol. The Morgan fingerprint density at radius 2 is 1.68 bits per heavy atom. The highest BCUT2D eigenvalue weighted by molar-refractivity contribution is 9.09. The van der Waals surface area contributed by atoms with Crippen LogP contribution in [0, 0.1) is 40.4 Å². The molecule has 0 amide bonds. The van der Waals surface area contributed by atoms with Crippen LogP contribution in [0.3, 0.4) is 0 Å². The summed E-state index contributed by atoms with van der Waals surface area (Å²) in [5, 5.41) is 11.1. The quantitative estimate of drug-likeness (QED) is 0.621. The Labute approximate surface area is 161 Å². The number of alkyl halides is 1. The van der Waals surface area contributed by atoms with E-state index in [0.29, 0.717) is 22.4 Å². The van der Waals surface area contributed by atoms with Crippen LogP contribution in [-0.2, 0) is 4.79 Å². The summed E-state index contributed by atoms with van der Waals surface area (Å²) in [5.74, 6) is 3.81. The molecule has 3 heteroatoms. The maximum Gasteiger partial charge on any atom is 0.147 e. The van der Waals surface area contributed by atoms with E-state index >= 15 is 0 Å². The summed E-state index contributed by atoms with van der Waals surface area (Å²) in [5.41, 5.74) is 0.223. The average Bonchev–Trinajstić information content (AvgIpc) is 2.92. The molecular formula is C22H35BrO2. The van der Waals surface area contributed by atoms with Gasteiger partial charge in [-0.1, -0.05) is 29.8 Å². The van der Waals surface area contributed by atoms with E-state index in [2.05, 4.69) is 29.8 Å². The van der Waals surface area contributed by atoms with Gasteiger partial charge in [0, 0.05) is 5.92 Å². The van der Waals surface area contributed by atoms with E-state index in [-0.39, 0.29) is 11.3 Å². The molecule has 25 heavy (non-hydrogen) atoms. The highest BCUT2D eigenvalue weighted by Gasteiger charge is 2.61. The summed E-state index contributed by atoms with van der Waals surface area (Å²) >= 11 is 3.43. The number of Topliss-reactive ketones (excluding diaryl/α,β-unsaturated/α-hetero) is 1. The van der Waals surface area contributed by atoms with Gasteiger partial charge in [-0.3, -0.25) is 4.79 Å². The topological polar surface area (TPSA) is 37.3 Å². The van der Waals surface area contributed by atoms with E-state index in [1.54, 1.807) is 0 Å². The van der Waals surface area contributed by atoms with Gasteiger partial charge in [0.2, 0.25) is 0 Å². The summed E-state index contributed by atoms with van der Waals surface area (Å²) in [4.78, 5) is 12.5. The normalized spacial score (nSPS) is 55.2. The minimum absolute atomic E-state index is 0.245. The second kappa shape index (κ2) is 6.06. The molecule has 4 saturated carbocycles. The Balaban J connectivity index is 1.59. The molecule has 0 aliphatic heterocycles. The van der Waals surface area contributed by atoms with Crippen LogP contribution >= 0.6 is 15.9 Å². The Hall–Kier alpha value is 0.110. The van der Waals surface area contributed by atoms with Gasteiger partial charge in [-0.2, -0.15) is 0 Å². The van der Waals surface area contributed by atoms with Crippen LogP contribution in [-0.4, -0.2) is 21.8 Å². The van der Waals surface area contributed by atoms with E-state index < -0.39 is 5.60 Å². The Bertz CT molecular complexity index is 558. The number of fused-ring (bicyclic) bond motifs is 5. The lowest BCUT2D eigenvalue weighted by atomic mass is 9.44. The molecule has 0 aromatic rings. The summed E-state index contributed by atoms with van der Waals surface area (Å²) in [6.45, 7) is 7.03. The maximum atomic E-state index is 12.5. The van der Waals surface area contributed by atoms with Gasteiger partial charge in [0.25, 0.3) is 0 Å². The standard InChI is InChI=1S/C22H35BrO2/c1-20(25)10-11-21(2)14(12-20)4-5-15-16-6-7-18(19(24)13-23)22(16,3)9-8-17(15)21/h14-18,25H,4-13H2,1-3H3/t14-,15-,16-,17-,18?,20+,21-,22-/m0/s1. The first-order valence-corrected chi connectivity index (χ1v) is 11.6. The van der Waals surface area contributed by atoms with Crippen molar-refractivity contribution in [2.45, 2.75) is 84.2 Å². The van der Waals surface area contributed by atoms with Gasteiger partial charge in [-0.25, -0.2) is 0 Å². The fraction of sp³-hybridized carbons (Fsp3) is 0.955. The van der Waals surface area contributed by atoms with E-state index in [4.69, 9.17) is 0 Å². The lowest BCUT2D eigenvalue weighted by Crippen LogP contribution is -2.55. The van der Waals surface area contributed by atoms with Crippen molar-refractivity contribution in [3.05, 3.63) is 0 Å². The van der Waals surface area contributed by atoms with Crippen LogP contribution in [0.25, 0.3) is 0 Å². The second-order valence-electron chi connectivity index (χ2n) is 10.6. The molecule has 0 bridgehead atoms. The van der Waals surface area contributed by atoms with Gasteiger partial charge in [0.1, 0.15) is 5.78 Å². The van der Waals surface area contributed by atoms with Gasteiger partial charge in [0.05, 0.1) is 10.9 Å². The SMILES string of the molecule is C[C@@]1(O)CC[C@@]2(C)[C@@H](CC[C@@H]3[C@@H]2CC[C@]2(C)C(C(=O)CBr)CC[C@@H]32)C1. The van der Waals surface area contributed by atoms with Crippen molar-refractivity contribution in [3.63, 3.8) is 0 Å². The minimum Gasteiger partial charge on any atom is -0.390 e. The third-order valence-corrected chi connectivity index (χ3v) is 10.0. The molecule has 4 fully saturated rings. The molecule has 0 heterocycles. The molecule has 1 unspecified atom stereocenters. The van der Waals surface area contributed by atoms with Gasteiger partial charge in [-0.15, -0.1) is 0 Å². The molecule has 4 aliphatic rings. The number of carbonyl (C=O) groups is 1. The number of hydrogen-bond donors (Lipinski definition) is 1. The zero-order chi connectivity index (χ0) is 18.0. The van der Waals surface area contributed by atoms with Crippen molar-refractivity contribution in [1.29, 1.82) is 0 Å². The molecule has 0 aromatic carbocycles. The van der Waals surface area contributed by atoms with Crippen LogP contribution in [0.5, 0.6) is 0 Å². The number of hydrogen-bond acceptors (Lipinski definition) is 2. The van der Waals surface area contributed by atoms with Crippen molar-refractivity contribution in [1.82, 2.24) is 0 Å². The third kappa shape index (κ3) is 2.70. The van der Waals surface area contributed by atoms with Gasteiger partial charge < -0.3 is 5.11 Å². The van der Waals surface area contributed by atoms with Crippen LogP contribution in [0.4, 0.5) is 0 Å². The Kier molecular flexibility index (Phi) is 4.47. The van der Waals surface area contributed by atoms with E-state index in [1.807, 2.05) is 6.92 Å². The van der Waals surface area contributed by atoms with E-state index in [0.717, 1.165) is 37.0 Å². The fourth-order valence-corrected chi connectivity index (χ4v) is 8.44. The molecule has 0 radical (unpaired) electrons. The molecular weight excluding hydrogens is 376 g/mol. The smallest absolute Gasteiger partial charge is 0.147 e. The second-order valence-corrected chi connectivity index (χ2v) is 11.2. The minimum atomic E-state index is -0.444. The lowest BCUT2D eigenvalue weighted by molar-refractivity contribution is -0.150. The molecule has 4 aliphatic carbocycles. The highest BCUT2D eigenvalue weighted by atomic mass is 79.9. The van der Waals surface area contributed by atoms with Gasteiger partial charge in [0.15, 0.2) is 0 Å². The molecule has 8 atom stereocenters. The third-order valence-electron chi connectivity index (χ3n) is 9.47.